The van der Waals surface area contributed by atoms with Gasteiger partial charge < -0.3 is 5.32 Å². The van der Waals surface area contributed by atoms with Crippen molar-refractivity contribution in [3.05, 3.63) is 29.6 Å². The van der Waals surface area contributed by atoms with E-state index in [2.05, 4.69) is 15.6 Å². The molecule has 1 aliphatic heterocycles. The highest BCUT2D eigenvalue weighted by molar-refractivity contribution is 6.03. The maximum atomic E-state index is 12.0. The summed E-state index contributed by atoms with van der Waals surface area (Å²) < 4.78 is 0. The summed E-state index contributed by atoms with van der Waals surface area (Å²) in [5.74, 6) is -0.835. The van der Waals surface area contributed by atoms with Gasteiger partial charge in [-0.3, -0.25) is 24.7 Å². The van der Waals surface area contributed by atoms with Gasteiger partial charge in [-0.25, -0.2) is 0 Å². The molecule has 0 aliphatic carbocycles. The molecule has 0 aromatic carbocycles. The molecular formula is C14H17N3O3. The molecule has 2 heterocycles. The topological polar surface area (TPSA) is 88.2 Å². The van der Waals surface area contributed by atoms with Crippen LogP contribution in [-0.4, -0.2) is 28.7 Å². The lowest BCUT2D eigenvalue weighted by Gasteiger charge is -2.21. The summed E-state index contributed by atoms with van der Waals surface area (Å²) in [6.45, 7) is 4.08. The van der Waals surface area contributed by atoms with Gasteiger partial charge in [-0.15, -0.1) is 0 Å². The van der Waals surface area contributed by atoms with E-state index in [-0.39, 0.29) is 18.0 Å². The summed E-state index contributed by atoms with van der Waals surface area (Å²) in [5.41, 5.74) is 1.31. The van der Waals surface area contributed by atoms with Crippen LogP contribution in [0.1, 0.15) is 48.7 Å². The predicted octanol–water partition coefficient (Wildman–Crippen LogP) is 0.740. The third-order valence-corrected chi connectivity index (χ3v) is 3.23. The smallest absolute Gasteiger partial charge is 0.270 e. The Morgan fingerprint density at radius 2 is 2.15 bits per heavy atom. The van der Waals surface area contributed by atoms with E-state index in [1.165, 1.54) is 0 Å². The summed E-state index contributed by atoms with van der Waals surface area (Å²) in [6, 6.07) is 2.81. The average molecular weight is 275 g/mol. The minimum Gasteiger partial charge on any atom is -0.339 e. The number of nitrogens with one attached hydrogen (secondary N) is 2. The van der Waals surface area contributed by atoms with Gasteiger partial charge in [0.25, 0.3) is 5.91 Å². The van der Waals surface area contributed by atoms with Gasteiger partial charge in [0.2, 0.25) is 11.8 Å². The molecule has 0 spiro atoms. The number of hydrogen-bond acceptors (Lipinski definition) is 4. The van der Waals surface area contributed by atoms with Crippen molar-refractivity contribution in [1.82, 2.24) is 15.6 Å². The number of nitrogens with zero attached hydrogens (tertiary/aromatic N) is 1. The third-order valence-electron chi connectivity index (χ3n) is 3.23. The quantitative estimate of drug-likeness (QED) is 0.796. The van der Waals surface area contributed by atoms with Crippen LogP contribution in [0.25, 0.3) is 0 Å². The van der Waals surface area contributed by atoms with Gasteiger partial charge >= 0.3 is 0 Å². The Bertz CT molecular complexity index is 537. The highest BCUT2D eigenvalue weighted by Gasteiger charge is 2.28. The normalized spacial score (nSPS) is 18.9. The molecule has 1 aromatic heterocycles. The number of aromatic nitrogens is 1. The Morgan fingerprint density at radius 3 is 2.70 bits per heavy atom. The Balaban J connectivity index is 2.01. The number of imide groups is 1. The molecule has 6 nitrogen and oxygen atoms in total. The van der Waals surface area contributed by atoms with Crippen molar-refractivity contribution in [1.29, 1.82) is 0 Å². The molecule has 1 aliphatic rings. The van der Waals surface area contributed by atoms with Crippen molar-refractivity contribution >= 4 is 17.7 Å². The molecule has 1 aromatic rings. The molecular weight excluding hydrogens is 258 g/mol. The fourth-order valence-electron chi connectivity index (χ4n) is 1.94. The molecule has 2 N–H and O–H groups in total. The van der Waals surface area contributed by atoms with Gasteiger partial charge in [0.15, 0.2) is 0 Å². The molecule has 20 heavy (non-hydrogen) atoms. The summed E-state index contributed by atoms with van der Waals surface area (Å²) in [4.78, 5) is 38.6. The summed E-state index contributed by atoms with van der Waals surface area (Å²) >= 11 is 0. The van der Waals surface area contributed by atoms with E-state index < -0.39 is 17.9 Å². The molecule has 1 unspecified atom stereocenters. The van der Waals surface area contributed by atoms with E-state index in [4.69, 9.17) is 0 Å². The maximum absolute atomic E-state index is 12.0. The second-order valence-corrected chi connectivity index (χ2v) is 5.11. The highest BCUT2D eigenvalue weighted by Crippen LogP contribution is 2.13. The zero-order valence-corrected chi connectivity index (χ0v) is 11.5. The maximum Gasteiger partial charge on any atom is 0.270 e. The fourth-order valence-corrected chi connectivity index (χ4v) is 1.94. The Labute approximate surface area is 117 Å². The van der Waals surface area contributed by atoms with Gasteiger partial charge in [0.1, 0.15) is 11.7 Å². The van der Waals surface area contributed by atoms with Crippen LogP contribution < -0.4 is 10.6 Å². The minimum absolute atomic E-state index is 0.233. The number of pyridine rings is 1. The number of hydrogen-bond donors (Lipinski definition) is 2. The van der Waals surface area contributed by atoms with Gasteiger partial charge in [0, 0.05) is 12.6 Å². The Hall–Kier alpha value is -2.24. The number of amides is 3. The first-order chi connectivity index (χ1) is 9.47. The van der Waals surface area contributed by atoms with E-state index in [1.807, 2.05) is 19.9 Å². The monoisotopic (exact) mass is 275 g/mol. The second-order valence-electron chi connectivity index (χ2n) is 5.11. The molecule has 1 atom stereocenters. The van der Waals surface area contributed by atoms with Gasteiger partial charge in [-0.1, -0.05) is 19.9 Å². The van der Waals surface area contributed by atoms with Gasteiger partial charge in [-0.2, -0.15) is 0 Å². The van der Waals surface area contributed by atoms with Crippen LogP contribution in [-0.2, 0) is 9.59 Å². The molecule has 1 fully saturated rings. The predicted molar refractivity (Wildman–Crippen MR) is 72.0 cm³/mol. The van der Waals surface area contributed by atoms with Gasteiger partial charge in [-0.05, 0) is 24.0 Å². The number of rotatable bonds is 3. The van der Waals surface area contributed by atoms with Crippen LogP contribution in [0.15, 0.2) is 18.3 Å². The highest BCUT2D eigenvalue weighted by atomic mass is 16.2. The van der Waals surface area contributed by atoms with Gasteiger partial charge in [0.05, 0.1) is 0 Å². The molecule has 0 radical (unpaired) electrons. The SMILES string of the molecule is CC(C)c1ccc(C(=O)NC2CCC(=O)NC2=O)nc1. The third kappa shape index (κ3) is 3.20. The van der Waals surface area contributed by atoms with E-state index in [0.29, 0.717) is 12.3 Å². The first kappa shape index (κ1) is 14.2. The molecule has 0 bridgehead atoms. The van der Waals surface area contributed by atoms with Crippen molar-refractivity contribution in [2.45, 2.75) is 38.6 Å². The summed E-state index contributed by atoms with van der Waals surface area (Å²) in [5, 5.41) is 4.79. The second kappa shape index (κ2) is 5.81. The number of piperidine rings is 1. The van der Waals surface area contributed by atoms with Crippen LogP contribution in [0.5, 0.6) is 0 Å². The zero-order valence-electron chi connectivity index (χ0n) is 11.5. The molecule has 6 heteroatoms. The molecule has 0 saturated carbocycles. The first-order valence-electron chi connectivity index (χ1n) is 6.58. The van der Waals surface area contributed by atoms with Crippen molar-refractivity contribution in [3.63, 3.8) is 0 Å². The van der Waals surface area contributed by atoms with E-state index in [0.717, 1.165) is 5.56 Å². The average Bonchev–Trinajstić information content (AvgIpc) is 2.42. The van der Waals surface area contributed by atoms with Crippen LogP contribution in [0.3, 0.4) is 0 Å². The standard InChI is InChI=1S/C14H17N3O3/c1-8(2)9-3-4-10(15-7-9)13(19)16-11-5-6-12(18)17-14(11)20/h3-4,7-8,11H,5-6H2,1-2H3,(H,16,19)(H,17,18,20). The first-order valence-corrected chi connectivity index (χ1v) is 6.58. The van der Waals surface area contributed by atoms with Crippen LogP contribution in [0.2, 0.25) is 0 Å². The molecule has 2 rings (SSSR count). The molecule has 1 saturated heterocycles. The van der Waals surface area contributed by atoms with Crippen LogP contribution in [0.4, 0.5) is 0 Å². The number of carbonyl (C=O) groups excluding carboxylic acids is 3. The minimum atomic E-state index is -0.674. The van der Waals surface area contributed by atoms with Crippen molar-refractivity contribution in [2.24, 2.45) is 0 Å². The van der Waals surface area contributed by atoms with Crippen LogP contribution in [0, 0.1) is 0 Å². The van der Waals surface area contributed by atoms with Crippen molar-refractivity contribution in [2.75, 3.05) is 0 Å². The van der Waals surface area contributed by atoms with E-state index in [1.54, 1.807) is 12.3 Å². The van der Waals surface area contributed by atoms with Crippen molar-refractivity contribution < 1.29 is 14.4 Å². The van der Waals surface area contributed by atoms with E-state index >= 15 is 0 Å². The number of carbonyl (C=O) groups is 3. The molecule has 106 valence electrons. The fraction of sp³-hybridized carbons (Fsp3) is 0.429. The van der Waals surface area contributed by atoms with Crippen LogP contribution >= 0.6 is 0 Å². The largest absolute Gasteiger partial charge is 0.339 e. The Morgan fingerprint density at radius 1 is 1.40 bits per heavy atom. The molecule has 3 amide bonds. The lowest BCUT2D eigenvalue weighted by atomic mass is 10.0. The lowest BCUT2D eigenvalue weighted by molar-refractivity contribution is -0.134. The van der Waals surface area contributed by atoms with E-state index in [9.17, 15) is 14.4 Å². The summed E-state index contributed by atoms with van der Waals surface area (Å²) in [6.07, 6.45) is 2.21. The Kier molecular flexibility index (Phi) is 4.12. The lowest BCUT2D eigenvalue weighted by Crippen LogP contribution is -2.52. The summed E-state index contributed by atoms with van der Waals surface area (Å²) in [7, 11) is 0. The zero-order chi connectivity index (χ0) is 14.7. The van der Waals surface area contributed by atoms with Crippen molar-refractivity contribution in [3.8, 4) is 0 Å².